The topological polar surface area (TPSA) is 55.8 Å². The lowest BCUT2D eigenvalue weighted by Crippen LogP contribution is -2.41. The first-order valence-corrected chi connectivity index (χ1v) is 7.51. The molecule has 0 saturated carbocycles. The molecule has 1 fully saturated rings. The van der Waals surface area contributed by atoms with Gasteiger partial charge in [0.1, 0.15) is 0 Å². The summed E-state index contributed by atoms with van der Waals surface area (Å²) in [6.45, 7) is 8.04. The highest BCUT2D eigenvalue weighted by molar-refractivity contribution is 7.78. The van der Waals surface area contributed by atoms with Gasteiger partial charge in [0.05, 0.1) is 17.0 Å². The molecule has 2 rings (SSSR count). The van der Waals surface area contributed by atoms with E-state index in [2.05, 4.69) is 0 Å². The fourth-order valence-electron chi connectivity index (χ4n) is 1.89. The van der Waals surface area contributed by atoms with Gasteiger partial charge in [-0.15, -0.1) is 0 Å². The van der Waals surface area contributed by atoms with E-state index in [1.54, 1.807) is 0 Å². The van der Waals surface area contributed by atoms with Crippen LogP contribution in [-0.2, 0) is 26.1 Å². The molecule has 104 valence electrons. The molecule has 0 amide bonds. The minimum atomic E-state index is -1.81. The van der Waals surface area contributed by atoms with Gasteiger partial charge in [-0.05, 0) is 38.7 Å². The number of benzene rings is 1. The van der Waals surface area contributed by atoms with E-state index in [9.17, 15) is 4.21 Å². The maximum absolute atomic E-state index is 10.7. The summed E-state index contributed by atoms with van der Waals surface area (Å²) in [7, 11) is -0.390. The van der Waals surface area contributed by atoms with E-state index in [-0.39, 0.29) is 17.0 Å². The van der Waals surface area contributed by atoms with Crippen molar-refractivity contribution in [3.8, 4) is 0 Å². The summed E-state index contributed by atoms with van der Waals surface area (Å²) < 4.78 is 31.5. The first kappa shape index (κ1) is 14.7. The second-order valence-electron chi connectivity index (χ2n) is 5.80. The molecule has 1 aromatic rings. The van der Waals surface area contributed by atoms with Gasteiger partial charge in [-0.1, -0.05) is 24.3 Å². The van der Waals surface area contributed by atoms with E-state index in [0.717, 1.165) is 11.0 Å². The molecule has 0 spiro atoms. The molecule has 4 nitrogen and oxygen atoms in total. The average Bonchev–Trinajstić information content (AvgIpc) is 2.48. The van der Waals surface area contributed by atoms with Crippen LogP contribution in [0, 0.1) is 0 Å². The summed E-state index contributed by atoms with van der Waals surface area (Å²) in [5.41, 5.74) is 1.03. The molecule has 1 N–H and O–H groups in total. The third-order valence-corrected chi connectivity index (χ3v) is 4.38. The molecular weight excluding hydrogens is 263 g/mol. The van der Waals surface area contributed by atoms with Crippen LogP contribution < -0.4 is 5.46 Å². The Kier molecular flexibility index (Phi) is 3.88. The van der Waals surface area contributed by atoms with Crippen LogP contribution in [0.1, 0.15) is 33.3 Å². The largest absolute Gasteiger partial charge is 0.494 e. The van der Waals surface area contributed by atoms with Crippen LogP contribution in [0.2, 0.25) is 0 Å². The van der Waals surface area contributed by atoms with Crippen LogP contribution in [0.4, 0.5) is 0 Å². The molecule has 1 aliphatic rings. The third kappa shape index (κ3) is 3.08. The zero-order valence-corrected chi connectivity index (χ0v) is 12.5. The van der Waals surface area contributed by atoms with E-state index >= 15 is 0 Å². The molecule has 19 heavy (non-hydrogen) atoms. The Morgan fingerprint density at radius 2 is 1.58 bits per heavy atom. The Hall–Kier alpha value is -0.685. The van der Waals surface area contributed by atoms with Gasteiger partial charge < -0.3 is 13.9 Å². The van der Waals surface area contributed by atoms with E-state index in [1.165, 1.54) is 0 Å². The fraction of sp³-hybridized carbons (Fsp3) is 0.538. The first-order valence-electron chi connectivity index (χ1n) is 6.23. The van der Waals surface area contributed by atoms with Crippen molar-refractivity contribution in [2.45, 2.75) is 44.6 Å². The van der Waals surface area contributed by atoms with Gasteiger partial charge in [0, 0.05) is 0 Å². The number of hydrogen-bond acceptors (Lipinski definition) is 3. The lowest BCUT2D eigenvalue weighted by atomic mass is 9.79. The lowest BCUT2D eigenvalue weighted by Gasteiger charge is -2.32. The quantitative estimate of drug-likeness (QED) is 0.677. The Labute approximate surface area is 116 Å². The van der Waals surface area contributed by atoms with Crippen molar-refractivity contribution in [1.82, 2.24) is 0 Å². The first-order chi connectivity index (χ1) is 8.71. The SMILES string of the molecule is CC1(C)OB(c2ccc(CS(=O)O)cc2)OC1(C)C. The molecular formula is C13H19BO4S. The van der Waals surface area contributed by atoms with E-state index in [0.29, 0.717) is 0 Å². The molecule has 1 saturated heterocycles. The van der Waals surface area contributed by atoms with Gasteiger partial charge in [-0.25, -0.2) is 4.21 Å². The average molecular weight is 282 g/mol. The predicted octanol–water partition coefficient (Wildman–Crippen LogP) is 1.71. The Morgan fingerprint density at radius 3 is 2.00 bits per heavy atom. The Balaban J connectivity index is 2.14. The van der Waals surface area contributed by atoms with Gasteiger partial charge >= 0.3 is 7.12 Å². The highest BCUT2D eigenvalue weighted by Gasteiger charge is 2.51. The van der Waals surface area contributed by atoms with Crippen molar-refractivity contribution in [1.29, 1.82) is 0 Å². The minimum Gasteiger partial charge on any atom is -0.399 e. The van der Waals surface area contributed by atoms with Crippen LogP contribution in [0.3, 0.4) is 0 Å². The number of rotatable bonds is 3. The summed E-state index contributed by atoms with van der Waals surface area (Å²) in [4.78, 5) is 0. The monoisotopic (exact) mass is 282 g/mol. The van der Waals surface area contributed by atoms with Crippen molar-refractivity contribution in [2.24, 2.45) is 0 Å². The predicted molar refractivity (Wildman–Crippen MR) is 76.6 cm³/mol. The number of hydrogen-bond donors (Lipinski definition) is 1. The van der Waals surface area contributed by atoms with Crippen molar-refractivity contribution < 1.29 is 18.1 Å². The summed E-state index contributed by atoms with van der Waals surface area (Å²) in [6.07, 6.45) is 0. The van der Waals surface area contributed by atoms with Crippen molar-refractivity contribution in [2.75, 3.05) is 0 Å². The molecule has 0 radical (unpaired) electrons. The van der Waals surface area contributed by atoms with Crippen molar-refractivity contribution >= 4 is 23.7 Å². The smallest absolute Gasteiger partial charge is 0.399 e. The Morgan fingerprint density at radius 1 is 1.11 bits per heavy atom. The van der Waals surface area contributed by atoms with Gasteiger partial charge in [0.15, 0.2) is 11.1 Å². The zero-order valence-electron chi connectivity index (χ0n) is 11.7. The molecule has 0 bridgehead atoms. The van der Waals surface area contributed by atoms with E-state index in [4.69, 9.17) is 13.9 Å². The van der Waals surface area contributed by atoms with Crippen molar-refractivity contribution in [3.63, 3.8) is 0 Å². The van der Waals surface area contributed by atoms with Crippen LogP contribution in [0.5, 0.6) is 0 Å². The molecule has 1 aromatic carbocycles. The normalized spacial score (nSPS) is 22.5. The van der Waals surface area contributed by atoms with Crippen LogP contribution in [0.15, 0.2) is 24.3 Å². The summed E-state index contributed by atoms with van der Waals surface area (Å²) >= 11 is -1.81. The standard InChI is InChI=1S/C13H19BO4S/c1-12(2)13(3,4)18-14(17-12)11-7-5-10(6-8-11)9-19(15)16/h5-8H,9H2,1-4H3,(H,15,16). The minimum absolute atomic E-state index is 0.143. The molecule has 1 unspecified atom stereocenters. The van der Waals surface area contributed by atoms with Gasteiger partial charge in [-0.3, -0.25) is 0 Å². The maximum Gasteiger partial charge on any atom is 0.494 e. The molecule has 6 heteroatoms. The molecule has 1 atom stereocenters. The van der Waals surface area contributed by atoms with Gasteiger partial charge in [0.25, 0.3) is 0 Å². The highest BCUT2D eigenvalue weighted by atomic mass is 32.2. The van der Waals surface area contributed by atoms with Crippen LogP contribution >= 0.6 is 0 Å². The van der Waals surface area contributed by atoms with Crippen LogP contribution in [-0.4, -0.2) is 27.1 Å². The molecule has 1 heterocycles. The van der Waals surface area contributed by atoms with Gasteiger partial charge in [-0.2, -0.15) is 0 Å². The summed E-state index contributed by atoms with van der Waals surface area (Å²) in [5.74, 6) is 0.143. The molecule has 0 aromatic heterocycles. The molecule has 1 aliphatic heterocycles. The van der Waals surface area contributed by atoms with E-state index < -0.39 is 18.2 Å². The lowest BCUT2D eigenvalue weighted by molar-refractivity contribution is 0.00578. The van der Waals surface area contributed by atoms with Gasteiger partial charge in [0.2, 0.25) is 0 Å². The molecule has 0 aliphatic carbocycles. The fourth-order valence-corrected chi connectivity index (χ4v) is 2.37. The maximum atomic E-state index is 10.7. The van der Waals surface area contributed by atoms with Crippen molar-refractivity contribution in [3.05, 3.63) is 29.8 Å². The Bertz CT molecular complexity index is 468. The second kappa shape index (κ2) is 5.02. The van der Waals surface area contributed by atoms with Crippen LogP contribution in [0.25, 0.3) is 0 Å². The highest BCUT2D eigenvalue weighted by Crippen LogP contribution is 2.36. The summed E-state index contributed by atoms with van der Waals surface area (Å²) in [5, 5.41) is 0. The van der Waals surface area contributed by atoms with E-state index in [1.807, 2.05) is 52.0 Å². The third-order valence-electron chi connectivity index (χ3n) is 3.80. The summed E-state index contributed by atoms with van der Waals surface area (Å²) in [6, 6.07) is 7.41. The zero-order chi connectivity index (χ0) is 14.3. The second-order valence-corrected chi connectivity index (χ2v) is 6.73.